The monoisotopic (exact) mass is 481 g/mol. The first kappa shape index (κ1) is 24.4. The number of fused-ring (bicyclic) bond motifs is 1. The molecule has 1 atom stereocenters. The molecule has 9 heteroatoms. The number of nitrogens with zero attached hydrogens (tertiary/aromatic N) is 2. The van der Waals surface area contributed by atoms with Gasteiger partial charge in [0.2, 0.25) is 12.7 Å². The van der Waals surface area contributed by atoms with Crippen LogP contribution in [0.2, 0.25) is 0 Å². The van der Waals surface area contributed by atoms with E-state index >= 15 is 0 Å². The van der Waals surface area contributed by atoms with Gasteiger partial charge in [-0.3, -0.25) is 9.69 Å². The van der Waals surface area contributed by atoms with Crippen LogP contribution in [0.1, 0.15) is 47.8 Å². The molecule has 1 aliphatic rings. The second-order valence-electron chi connectivity index (χ2n) is 8.39. The lowest BCUT2D eigenvalue weighted by Crippen LogP contribution is -2.32. The predicted molar refractivity (Wildman–Crippen MR) is 129 cm³/mol. The average Bonchev–Trinajstić information content (AvgIpc) is 3.53. The van der Waals surface area contributed by atoms with Crippen LogP contribution in [0.25, 0.3) is 0 Å². The van der Waals surface area contributed by atoms with Crippen LogP contribution in [0, 0.1) is 0 Å². The molecule has 9 nitrogen and oxygen atoms in total. The molecule has 0 spiro atoms. The molecule has 1 N–H and O–H groups in total. The number of amides is 1. The van der Waals surface area contributed by atoms with E-state index in [1.807, 2.05) is 50.2 Å². The van der Waals surface area contributed by atoms with Crippen molar-refractivity contribution in [1.82, 2.24) is 15.2 Å². The standard InChI is InChI=1S/C26H31N3O6/c1-5-17(2)27-26(30)20-15-33-24(28-20)14-29(12-18-9-10-21-23(11-18)35-16-34-21)13-19-7-6-8-22(31-3)25(19)32-4/h6-11,15,17H,5,12-14,16H2,1-4H3,(H,27,30)/t17-/m0/s1. The number of carbonyl (C=O) groups excluding carboxylic acids is 1. The third-order valence-corrected chi connectivity index (χ3v) is 5.85. The minimum Gasteiger partial charge on any atom is -0.493 e. The van der Waals surface area contributed by atoms with Gasteiger partial charge in [0.25, 0.3) is 5.91 Å². The molecule has 1 aromatic heterocycles. The molecule has 4 rings (SSSR count). The molecule has 0 unspecified atom stereocenters. The molecule has 0 saturated carbocycles. The van der Waals surface area contributed by atoms with Gasteiger partial charge in [0.05, 0.1) is 20.8 Å². The van der Waals surface area contributed by atoms with Gasteiger partial charge in [0, 0.05) is 24.7 Å². The van der Waals surface area contributed by atoms with Gasteiger partial charge in [0.1, 0.15) is 6.26 Å². The number of rotatable bonds is 11. The minimum atomic E-state index is -0.244. The summed E-state index contributed by atoms with van der Waals surface area (Å²) in [6.07, 6.45) is 2.24. The number of benzene rings is 2. The summed E-state index contributed by atoms with van der Waals surface area (Å²) in [6, 6.07) is 11.7. The predicted octanol–water partition coefficient (Wildman–Crippen LogP) is 4.15. The fourth-order valence-electron chi connectivity index (χ4n) is 3.86. The zero-order valence-electron chi connectivity index (χ0n) is 20.5. The van der Waals surface area contributed by atoms with Crippen molar-refractivity contribution in [1.29, 1.82) is 0 Å². The molecule has 0 radical (unpaired) electrons. The lowest BCUT2D eigenvalue weighted by Gasteiger charge is -2.23. The molecule has 2 heterocycles. The highest BCUT2D eigenvalue weighted by Gasteiger charge is 2.20. The Bertz CT molecular complexity index is 1160. The number of para-hydroxylation sites is 1. The minimum absolute atomic E-state index is 0.0608. The maximum absolute atomic E-state index is 12.5. The second kappa shape index (κ2) is 11.1. The highest BCUT2D eigenvalue weighted by atomic mass is 16.7. The van der Waals surface area contributed by atoms with E-state index in [0.717, 1.165) is 29.0 Å². The summed E-state index contributed by atoms with van der Waals surface area (Å²) in [4.78, 5) is 19.0. The van der Waals surface area contributed by atoms with Crippen LogP contribution in [-0.4, -0.2) is 42.8 Å². The average molecular weight is 482 g/mol. The lowest BCUT2D eigenvalue weighted by molar-refractivity contribution is 0.0934. The van der Waals surface area contributed by atoms with E-state index in [1.54, 1.807) is 14.2 Å². The fraction of sp³-hybridized carbons (Fsp3) is 0.385. The Morgan fingerprint density at radius 1 is 1.11 bits per heavy atom. The highest BCUT2D eigenvalue weighted by Crippen LogP contribution is 2.34. The summed E-state index contributed by atoms with van der Waals surface area (Å²) < 4.78 is 27.7. The number of oxazole rings is 1. The molecule has 0 saturated heterocycles. The molecule has 186 valence electrons. The quantitative estimate of drug-likeness (QED) is 0.436. The van der Waals surface area contributed by atoms with E-state index in [-0.39, 0.29) is 24.4 Å². The van der Waals surface area contributed by atoms with Crippen LogP contribution >= 0.6 is 0 Å². The van der Waals surface area contributed by atoms with Gasteiger partial charge >= 0.3 is 0 Å². The number of methoxy groups -OCH3 is 2. The van der Waals surface area contributed by atoms with Crippen molar-refractivity contribution in [2.24, 2.45) is 0 Å². The molecule has 35 heavy (non-hydrogen) atoms. The molecular weight excluding hydrogens is 450 g/mol. The van der Waals surface area contributed by atoms with Crippen molar-refractivity contribution in [3.05, 3.63) is 65.4 Å². The Morgan fingerprint density at radius 3 is 2.71 bits per heavy atom. The largest absolute Gasteiger partial charge is 0.493 e. The molecular formula is C26H31N3O6. The molecule has 1 amide bonds. The summed E-state index contributed by atoms with van der Waals surface area (Å²) >= 11 is 0. The Kier molecular flexibility index (Phi) is 7.77. The van der Waals surface area contributed by atoms with E-state index in [0.29, 0.717) is 37.0 Å². The van der Waals surface area contributed by atoms with E-state index in [9.17, 15) is 4.79 Å². The van der Waals surface area contributed by atoms with Crippen LogP contribution in [0.15, 0.2) is 47.1 Å². The van der Waals surface area contributed by atoms with Gasteiger partial charge in [-0.25, -0.2) is 4.98 Å². The van der Waals surface area contributed by atoms with Crippen LogP contribution < -0.4 is 24.3 Å². The lowest BCUT2D eigenvalue weighted by atomic mass is 10.1. The summed E-state index contributed by atoms with van der Waals surface area (Å²) in [5, 5.41) is 2.91. The number of hydrogen-bond acceptors (Lipinski definition) is 8. The maximum atomic E-state index is 12.5. The number of nitrogens with one attached hydrogen (secondary N) is 1. The molecule has 0 fully saturated rings. The number of carbonyl (C=O) groups is 1. The first-order valence-corrected chi connectivity index (χ1v) is 11.6. The van der Waals surface area contributed by atoms with Crippen molar-refractivity contribution < 1.29 is 28.2 Å². The van der Waals surface area contributed by atoms with Crippen molar-refractivity contribution in [3.63, 3.8) is 0 Å². The summed E-state index contributed by atoms with van der Waals surface area (Å²) in [6.45, 7) is 5.68. The second-order valence-corrected chi connectivity index (χ2v) is 8.39. The molecule has 0 bridgehead atoms. The van der Waals surface area contributed by atoms with Gasteiger partial charge in [-0.05, 0) is 37.1 Å². The molecule has 1 aliphatic heterocycles. The van der Waals surface area contributed by atoms with Gasteiger partial charge in [-0.15, -0.1) is 0 Å². The Morgan fingerprint density at radius 2 is 1.94 bits per heavy atom. The van der Waals surface area contributed by atoms with Crippen molar-refractivity contribution in [2.75, 3.05) is 21.0 Å². The van der Waals surface area contributed by atoms with Gasteiger partial charge < -0.3 is 28.7 Å². The zero-order chi connectivity index (χ0) is 24.8. The van der Waals surface area contributed by atoms with Gasteiger partial charge in [-0.2, -0.15) is 0 Å². The first-order valence-electron chi connectivity index (χ1n) is 11.6. The number of ether oxygens (including phenoxy) is 4. The third-order valence-electron chi connectivity index (χ3n) is 5.85. The third kappa shape index (κ3) is 5.86. The Hall–Kier alpha value is -3.72. The Balaban J connectivity index is 1.57. The molecule has 0 aliphatic carbocycles. The van der Waals surface area contributed by atoms with Crippen molar-refractivity contribution in [3.8, 4) is 23.0 Å². The fourth-order valence-corrected chi connectivity index (χ4v) is 3.86. The summed E-state index contributed by atoms with van der Waals surface area (Å²) in [7, 11) is 3.24. The zero-order valence-corrected chi connectivity index (χ0v) is 20.5. The van der Waals surface area contributed by atoms with E-state index in [2.05, 4.69) is 15.2 Å². The molecule has 2 aromatic carbocycles. The van der Waals surface area contributed by atoms with Crippen LogP contribution in [0.4, 0.5) is 0 Å². The smallest absolute Gasteiger partial charge is 0.273 e. The number of aromatic nitrogens is 1. The number of hydrogen-bond donors (Lipinski definition) is 1. The van der Waals surface area contributed by atoms with E-state index in [1.165, 1.54) is 6.26 Å². The SMILES string of the molecule is CC[C@H](C)NC(=O)c1coc(CN(Cc2ccc3c(c2)OCO3)Cc2cccc(OC)c2OC)n1. The van der Waals surface area contributed by atoms with E-state index in [4.69, 9.17) is 23.4 Å². The summed E-state index contributed by atoms with van der Waals surface area (Å²) in [5.74, 6) is 2.99. The van der Waals surface area contributed by atoms with Crippen molar-refractivity contribution in [2.45, 2.75) is 45.9 Å². The van der Waals surface area contributed by atoms with Gasteiger partial charge in [0.15, 0.2) is 28.7 Å². The Labute approximate surface area is 204 Å². The van der Waals surface area contributed by atoms with Crippen LogP contribution in [0.3, 0.4) is 0 Å². The van der Waals surface area contributed by atoms with Crippen molar-refractivity contribution >= 4 is 5.91 Å². The molecule has 3 aromatic rings. The maximum Gasteiger partial charge on any atom is 0.273 e. The van der Waals surface area contributed by atoms with Crippen LogP contribution in [-0.2, 0) is 19.6 Å². The van der Waals surface area contributed by atoms with E-state index < -0.39 is 0 Å². The highest BCUT2D eigenvalue weighted by molar-refractivity contribution is 5.92. The first-order chi connectivity index (χ1) is 17.0. The topological polar surface area (TPSA) is 95.3 Å². The summed E-state index contributed by atoms with van der Waals surface area (Å²) in [5.41, 5.74) is 2.26. The van der Waals surface area contributed by atoms with Crippen LogP contribution in [0.5, 0.6) is 23.0 Å². The normalized spacial score (nSPS) is 13.1. The van der Waals surface area contributed by atoms with Gasteiger partial charge in [-0.1, -0.05) is 25.1 Å².